The van der Waals surface area contributed by atoms with Crippen molar-refractivity contribution in [3.63, 3.8) is 0 Å². The number of likely N-dealkylation sites (tertiary alicyclic amines) is 1. The van der Waals surface area contributed by atoms with Gasteiger partial charge in [-0.15, -0.1) is 22.7 Å². The second-order valence-electron chi connectivity index (χ2n) is 7.58. The lowest BCUT2D eigenvalue weighted by molar-refractivity contribution is 0.0510. The Kier molecular flexibility index (Phi) is 5.65. The summed E-state index contributed by atoms with van der Waals surface area (Å²) in [5.41, 5.74) is 2.57. The maximum atomic E-state index is 12.9. The average Bonchev–Trinajstić information content (AvgIpc) is 3.27. The van der Waals surface area contributed by atoms with Gasteiger partial charge < -0.3 is 10.2 Å². The van der Waals surface area contributed by atoms with Crippen molar-refractivity contribution in [1.29, 1.82) is 0 Å². The number of carbonyl (C=O) groups excluding carboxylic acids is 1. The van der Waals surface area contributed by atoms with Gasteiger partial charge in [0, 0.05) is 23.7 Å². The second-order valence-corrected chi connectivity index (χ2v) is 9.65. The lowest BCUT2D eigenvalue weighted by Crippen LogP contribution is -2.47. The molecule has 0 bridgehead atoms. The van der Waals surface area contributed by atoms with Crippen LogP contribution >= 0.6 is 22.7 Å². The number of carbonyl (C=O) groups is 1. The SMILES string of the molecule is Cc1nc(C)c(-c2csc(Nc3ccc(C(=O)N4[C@H](C)CCC[C@@H]4C)cn3)n2)s1. The molecule has 1 aliphatic rings. The molecule has 152 valence electrons. The average molecular weight is 428 g/mol. The molecule has 3 aromatic rings. The van der Waals surface area contributed by atoms with E-state index in [0.29, 0.717) is 11.4 Å². The molecule has 6 nitrogen and oxygen atoms in total. The summed E-state index contributed by atoms with van der Waals surface area (Å²) in [5, 5.41) is 7.08. The molecule has 1 N–H and O–H groups in total. The van der Waals surface area contributed by atoms with Crippen molar-refractivity contribution in [2.24, 2.45) is 0 Å². The fraction of sp³-hybridized carbons (Fsp3) is 0.429. The van der Waals surface area contributed by atoms with E-state index in [1.54, 1.807) is 17.5 Å². The highest BCUT2D eigenvalue weighted by molar-refractivity contribution is 7.16. The fourth-order valence-corrected chi connectivity index (χ4v) is 5.54. The fourth-order valence-electron chi connectivity index (χ4n) is 3.88. The van der Waals surface area contributed by atoms with Crippen molar-refractivity contribution < 1.29 is 4.79 Å². The summed E-state index contributed by atoms with van der Waals surface area (Å²) in [5.74, 6) is 0.746. The number of rotatable bonds is 4. The summed E-state index contributed by atoms with van der Waals surface area (Å²) >= 11 is 3.19. The van der Waals surface area contributed by atoms with Gasteiger partial charge in [-0.2, -0.15) is 0 Å². The number of hydrogen-bond acceptors (Lipinski definition) is 7. The first kappa shape index (κ1) is 20.0. The predicted octanol–water partition coefficient (Wildman–Crippen LogP) is 5.43. The molecule has 1 saturated heterocycles. The van der Waals surface area contributed by atoms with Gasteiger partial charge >= 0.3 is 0 Å². The molecule has 29 heavy (non-hydrogen) atoms. The molecule has 4 rings (SSSR count). The van der Waals surface area contributed by atoms with Crippen molar-refractivity contribution in [3.05, 3.63) is 40.0 Å². The van der Waals surface area contributed by atoms with Gasteiger partial charge in [0.2, 0.25) is 0 Å². The summed E-state index contributed by atoms with van der Waals surface area (Å²) in [6, 6.07) is 4.24. The molecule has 0 radical (unpaired) electrons. The maximum Gasteiger partial charge on any atom is 0.255 e. The quantitative estimate of drug-likeness (QED) is 0.601. The summed E-state index contributed by atoms with van der Waals surface area (Å²) in [6.07, 6.45) is 4.97. The Bertz CT molecular complexity index is 1000. The number of anilines is 2. The number of hydrogen-bond donors (Lipinski definition) is 1. The Labute approximate surface area is 179 Å². The molecule has 0 unspecified atom stereocenters. The van der Waals surface area contributed by atoms with Crippen LogP contribution in [0.4, 0.5) is 10.9 Å². The van der Waals surface area contributed by atoms with Gasteiger partial charge in [-0.25, -0.2) is 15.0 Å². The molecule has 0 spiro atoms. The van der Waals surface area contributed by atoms with Gasteiger partial charge in [0.05, 0.1) is 26.8 Å². The molecule has 0 aliphatic carbocycles. The van der Waals surface area contributed by atoms with Crippen LogP contribution in [0, 0.1) is 13.8 Å². The number of piperidine rings is 1. The van der Waals surface area contributed by atoms with Crippen LogP contribution in [0.5, 0.6) is 0 Å². The van der Waals surface area contributed by atoms with Crippen LogP contribution in [0.15, 0.2) is 23.7 Å². The first-order chi connectivity index (χ1) is 13.9. The third-order valence-corrected chi connectivity index (χ3v) is 7.17. The van der Waals surface area contributed by atoms with Gasteiger partial charge in [-0.1, -0.05) is 0 Å². The Morgan fingerprint density at radius 1 is 1.17 bits per heavy atom. The molecule has 0 aromatic carbocycles. The van der Waals surface area contributed by atoms with E-state index in [-0.39, 0.29) is 18.0 Å². The number of pyridine rings is 1. The molecule has 1 fully saturated rings. The van der Waals surface area contributed by atoms with Gasteiger partial charge in [-0.3, -0.25) is 4.79 Å². The minimum absolute atomic E-state index is 0.0660. The Balaban J connectivity index is 1.46. The molecule has 1 amide bonds. The topological polar surface area (TPSA) is 71.0 Å². The van der Waals surface area contributed by atoms with Crippen LogP contribution in [0.1, 0.15) is 54.2 Å². The number of nitrogens with zero attached hydrogens (tertiary/aromatic N) is 4. The minimum atomic E-state index is 0.0660. The van der Waals surface area contributed by atoms with Crippen LogP contribution in [-0.4, -0.2) is 37.8 Å². The first-order valence-electron chi connectivity index (χ1n) is 9.88. The Morgan fingerprint density at radius 3 is 2.55 bits per heavy atom. The molecular weight excluding hydrogens is 402 g/mol. The molecule has 2 atom stereocenters. The molecule has 1 aliphatic heterocycles. The summed E-state index contributed by atoms with van der Waals surface area (Å²) in [7, 11) is 0. The third kappa shape index (κ3) is 4.18. The number of amides is 1. The van der Waals surface area contributed by atoms with E-state index in [1.807, 2.05) is 36.3 Å². The van der Waals surface area contributed by atoms with E-state index in [1.165, 1.54) is 17.8 Å². The largest absolute Gasteiger partial charge is 0.333 e. The lowest BCUT2D eigenvalue weighted by atomic mass is 9.96. The van der Waals surface area contributed by atoms with Gasteiger partial charge in [0.15, 0.2) is 5.13 Å². The first-order valence-corrected chi connectivity index (χ1v) is 11.6. The van der Waals surface area contributed by atoms with Crippen LogP contribution in [0.25, 0.3) is 10.6 Å². The standard InChI is InChI=1S/C21H25N5OS2/c1-12-6-5-7-13(2)26(12)20(27)16-8-9-18(22-10-16)25-21-24-17(11-28-21)19-14(3)23-15(4)29-19/h8-13H,5-7H2,1-4H3,(H,22,24,25)/t12-,13+. The zero-order valence-electron chi connectivity index (χ0n) is 17.1. The monoisotopic (exact) mass is 427 g/mol. The lowest BCUT2D eigenvalue weighted by Gasteiger charge is -2.39. The van der Waals surface area contributed by atoms with Crippen molar-refractivity contribution in [1.82, 2.24) is 19.9 Å². The van der Waals surface area contributed by atoms with Gasteiger partial charge in [-0.05, 0) is 59.1 Å². The van der Waals surface area contributed by atoms with Crippen LogP contribution in [-0.2, 0) is 0 Å². The zero-order chi connectivity index (χ0) is 20.5. The van der Waals surface area contributed by atoms with Crippen LogP contribution in [0.2, 0.25) is 0 Å². The molecule has 0 saturated carbocycles. The van der Waals surface area contributed by atoms with E-state index in [9.17, 15) is 4.79 Å². The Morgan fingerprint density at radius 2 is 1.93 bits per heavy atom. The highest BCUT2D eigenvalue weighted by Crippen LogP contribution is 2.33. The number of nitrogens with one attached hydrogen (secondary N) is 1. The summed E-state index contributed by atoms with van der Waals surface area (Å²) in [4.78, 5) is 29.6. The number of aromatic nitrogens is 3. The van der Waals surface area contributed by atoms with Gasteiger partial charge in [0.1, 0.15) is 5.82 Å². The molecule has 3 aromatic heterocycles. The van der Waals surface area contributed by atoms with E-state index in [4.69, 9.17) is 0 Å². The smallest absolute Gasteiger partial charge is 0.255 e. The zero-order valence-corrected chi connectivity index (χ0v) is 18.7. The van der Waals surface area contributed by atoms with Crippen LogP contribution in [0.3, 0.4) is 0 Å². The summed E-state index contributed by atoms with van der Waals surface area (Å²) in [6.45, 7) is 8.27. The maximum absolute atomic E-state index is 12.9. The summed E-state index contributed by atoms with van der Waals surface area (Å²) < 4.78 is 0. The Hall–Kier alpha value is -2.32. The van der Waals surface area contributed by atoms with E-state index < -0.39 is 0 Å². The molecule has 4 heterocycles. The van der Waals surface area contributed by atoms with E-state index in [2.05, 4.69) is 34.1 Å². The van der Waals surface area contributed by atoms with E-state index >= 15 is 0 Å². The van der Waals surface area contributed by atoms with Gasteiger partial charge in [0.25, 0.3) is 5.91 Å². The number of aryl methyl sites for hydroxylation is 2. The minimum Gasteiger partial charge on any atom is -0.333 e. The number of thiazole rings is 2. The van der Waals surface area contributed by atoms with E-state index in [0.717, 1.165) is 39.2 Å². The highest BCUT2D eigenvalue weighted by Gasteiger charge is 2.29. The highest BCUT2D eigenvalue weighted by atomic mass is 32.1. The van der Waals surface area contributed by atoms with Crippen molar-refractivity contribution >= 4 is 39.5 Å². The molecule has 8 heteroatoms. The second kappa shape index (κ2) is 8.20. The normalized spacial score (nSPS) is 19.4. The van der Waals surface area contributed by atoms with Crippen LogP contribution < -0.4 is 5.32 Å². The molecular formula is C21H25N5OS2. The third-order valence-electron chi connectivity index (χ3n) is 5.31. The van der Waals surface area contributed by atoms with Crippen molar-refractivity contribution in [2.75, 3.05) is 5.32 Å². The van der Waals surface area contributed by atoms with Crippen molar-refractivity contribution in [2.45, 2.75) is 59.0 Å². The van der Waals surface area contributed by atoms with Crippen molar-refractivity contribution in [3.8, 4) is 10.6 Å². The predicted molar refractivity (Wildman–Crippen MR) is 119 cm³/mol.